The highest BCUT2D eigenvalue weighted by atomic mass is 32.2. The molecule has 5 nitrogen and oxygen atoms in total. The van der Waals surface area contributed by atoms with Crippen LogP contribution in [0.2, 0.25) is 0 Å². The van der Waals surface area contributed by atoms with Gasteiger partial charge in [0.1, 0.15) is 5.25 Å². The van der Waals surface area contributed by atoms with E-state index in [1.54, 1.807) is 6.92 Å². The molecule has 7 heteroatoms. The lowest BCUT2D eigenvalue weighted by Gasteiger charge is -2.15. The van der Waals surface area contributed by atoms with E-state index in [4.69, 9.17) is 22.7 Å². The van der Waals surface area contributed by atoms with E-state index in [-0.39, 0.29) is 4.99 Å². The van der Waals surface area contributed by atoms with E-state index in [0.29, 0.717) is 26.0 Å². The van der Waals surface area contributed by atoms with Crippen molar-refractivity contribution < 1.29 is 13.2 Å². The van der Waals surface area contributed by atoms with Crippen molar-refractivity contribution in [3.05, 3.63) is 0 Å². The molecule has 1 rings (SSSR count). The lowest BCUT2D eigenvalue weighted by Crippen LogP contribution is -2.42. The van der Waals surface area contributed by atoms with E-state index in [9.17, 15) is 8.42 Å². The number of sulfonamides is 1. The molecule has 0 aromatic carbocycles. The van der Waals surface area contributed by atoms with Crippen LogP contribution in [0.4, 0.5) is 0 Å². The summed E-state index contributed by atoms with van der Waals surface area (Å²) < 4.78 is 31.6. The summed E-state index contributed by atoms with van der Waals surface area (Å²) >= 11 is 4.75. The van der Waals surface area contributed by atoms with Gasteiger partial charge in [-0.3, -0.25) is 0 Å². The lowest BCUT2D eigenvalue weighted by molar-refractivity contribution is 0.123. The molecule has 0 saturated heterocycles. The minimum atomic E-state index is -3.43. The van der Waals surface area contributed by atoms with Crippen molar-refractivity contribution in [2.75, 3.05) is 19.8 Å². The quantitative estimate of drug-likeness (QED) is 0.460. The number of rotatable bonds is 10. The van der Waals surface area contributed by atoms with Gasteiger partial charge in [0.15, 0.2) is 0 Å². The van der Waals surface area contributed by atoms with Crippen molar-refractivity contribution in [3.8, 4) is 0 Å². The first-order valence-corrected chi connectivity index (χ1v) is 8.28. The van der Waals surface area contributed by atoms with Gasteiger partial charge in [-0.25, -0.2) is 13.1 Å². The normalized spacial score (nSPS) is 17.6. The first-order valence-electron chi connectivity index (χ1n) is 6.33. The molecule has 0 spiro atoms. The monoisotopic (exact) mass is 294 g/mol. The van der Waals surface area contributed by atoms with Crippen LogP contribution in [-0.2, 0) is 14.8 Å². The zero-order chi connectivity index (χ0) is 13.6. The second-order valence-corrected chi connectivity index (χ2v) is 7.03. The number of nitrogens with two attached hydrogens (primary N) is 1. The highest BCUT2D eigenvalue weighted by molar-refractivity contribution is 7.93. The van der Waals surface area contributed by atoms with Crippen LogP contribution in [0.5, 0.6) is 0 Å². The third kappa shape index (κ3) is 5.60. The Labute approximate surface area is 115 Å². The summed E-state index contributed by atoms with van der Waals surface area (Å²) in [5, 5.41) is -0.778. The maximum atomic E-state index is 11.8. The van der Waals surface area contributed by atoms with Gasteiger partial charge in [-0.1, -0.05) is 19.1 Å². The van der Waals surface area contributed by atoms with Gasteiger partial charge in [0.2, 0.25) is 10.0 Å². The Kier molecular flexibility index (Phi) is 6.48. The smallest absolute Gasteiger partial charge is 0.221 e. The van der Waals surface area contributed by atoms with Crippen LogP contribution in [0.25, 0.3) is 0 Å². The minimum Gasteiger partial charge on any atom is -0.392 e. The minimum absolute atomic E-state index is 0.0231. The van der Waals surface area contributed by atoms with Crippen LogP contribution >= 0.6 is 12.2 Å². The molecular formula is C11H22N2O3S2. The standard InChI is InChI=1S/C11H22N2O3S2/c1-2-10(11(12)17)18(14,15)13-6-3-7-16-8-9-4-5-9/h9-10,13H,2-8H2,1H3,(H2,12,17). The number of nitrogens with one attached hydrogen (secondary N) is 1. The second kappa shape index (κ2) is 7.37. The molecule has 1 unspecified atom stereocenters. The summed E-state index contributed by atoms with van der Waals surface area (Å²) in [7, 11) is -3.43. The molecule has 1 aliphatic rings. The molecule has 0 heterocycles. The Balaban J connectivity index is 2.17. The van der Waals surface area contributed by atoms with Crippen molar-refractivity contribution in [3.63, 3.8) is 0 Å². The van der Waals surface area contributed by atoms with E-state index >= 15 is 0 Å². The molecule has 0 aliphatic heterocycles. The summed E-state index contributed by atoms with van der Waals surface area (Å²) in [6.07, 6.45) is 3.58. The molecule has 0 aromatic rings. The van der Waals surface area contributed by atoms with Gasteiger partial charge in [0.05, 0.1) is 4.99 Å². The summed E-state index contributed by atoms with van der Waals surface area (Å²) in [4.78, 5) is 0.0231. The first kappa shape index (κ1) is 15.8. The molecule has 0 radical (unpaired) electrons. The highest BCUT2D eigenvalue weighted by Gasteiger charge is 2.25. The Morgan fingerprint density at radius 1 is 1.56 bits per heavy atom. The van der Waals surface area contributed by atoms with Crippen molar-refractivity contribution in [2.45, 2.75) is 37.9 Å². The van der Waals surface area contributed by atoms with Gasteiger partial charge in [0.25, 0.3) is 0 Å². The summed E-state index contributed by atoms with van der Waals surface area (Å²) in [5.74, 6) is 0.737. The number of thiocarbonyl (C=S) groups is 1. The van der Waals surface area contributed by atoms with Gasteiger partial charge in [-0.05, 0) is 31.6 Å². The van der Waals surface area contributed by atoms with E-state index in [2.05, 4.69) is 4.72 Å². The topological polar surface area (TPSA) is 81.4 Å². The Hall–Kier alpha value is -0.240. The van der Waals surface area contributed by atoms with Crippen molar-refractivity contribution in [1.29, 1.82) is 0 Å². The SMILES string of the molecule is CCC(C(N)=S)S(=O)(=O)NCCCOCC1CC1. The molecule has 1 fully saturated rings. The molecule has 106 valence electrons. The van der Waals surface area contributed by atoms with Crippen LogP contribution in [0.3, 0.4) is 0 Å². The van der Waals surface area contributed by atoms with Crippen molar-refractivity contribution in [1.82, 2.24) is 4.72 Å². The molecule has 0 amide bonds. The van der Waals surface area contributed by atoms with E-state index in [0.717, 1.165) is 12.5 Å². The van der Waals surface area contributed by atoms with Gasteiger partial charge >= 0.3 is 0 Å². The van der Waals surface area contributed by atoms with Crippen LogP contribution in [0, 0.1) is 5.92 Å². The largest absolute Gasteiger partial charge is 0.392 e. The fourth-order valence-corrected chi connectivity index (χ4v) is 3.52. The number of hydrogen-bond acceptors (Lipinski definition) is 4. The molecule has 1 saturated carbocycles. The van der Waals surface area contributed by atoms with Gasteiger partial charge in [0, 0.05) is 19.8 Å². The fraction of sp³-hybridized carbons (Fsp3) is 0.909. The molecule has 3 N–H and O–H groups in total. The van der Waals surface area contributed by atoms with E-state index in [1.165, 1.54) is 12.8 Å². The summed E-state index contributed by atoms with van der Waals surface area (Å²) in [5.41, 5.74) is 5.41. The molecule has 18 heavy (non-hydrogen) atoms. The van der Waals surface area contributed by atoms with E-state index < -0.39 is 15.3 Å². The first-order chi connectivity index (χ1) is 8.47. The van der Waals surface area contributed by atoms with Gasteiger partial charge in [-0.15, -0.1) is 0 Å². The van der Waals surface area contributed by atoms with Gasteiger partial charge in [-0.2, -0.15) is 0 Å². The summed E-state index contributed by atoms with van der Waals surface area (Å²) in [6.45, 7) is 3.51. The molecular weight excluding hydrogens is 272 g/mol. The predicted octanol–water partition coefficient (Wildman–Crippen LogP) is 0.787. The lowest BCUT2D eigenvalue weighted by atomic mass is 10.3. The Morgan fingerprint density at radius 2 is 2.22 bits per heavy atom. The van der Waals surface area contributed by atoms with Crippen LogP contribution < -0.4 is 10.5 Å². The Morgan fingerprint density at radius 3 is 2.72 bits per heavy atom. The average molecular weight is 294 g/mol. The maximum Gasteiger partial charge on any atom is 0.221 e. The molecule has 0 aromatic heterocycles. The van der Waals surface area contributed by atoms with Crippen LogP contribution in [0.1, 0.15) is 32.6 Å². The van der Waals surface area contributed by atoms with Crippen LogP contribution in [-0.4, -0.2) is 38.4 Å². The predicted molar refractivity (Wildman–Crippen MR) is 75.9 cm³/mol. The fourth-order valence-electron chi connectivity index (χ4n) is 1.60. The third-order valence-corrected chi connectivity index (χ3v) is 5.26. The zero-order valence-electron chi connectivity index (χ0n) is 10.7. The highest BCUT2D eigenvalue weighted by Crippen LogP contribution is 2.28. The van der Waals surface area contributed by atoms with Crippen molar-refractivity contribution in [2.24, 2.45) is 11.7 Å². The average Bonchev–Trinajstić information content (AvgIpc) is 3.06. The summed E-state index contributed by atoms with van der Waals surface area (Å²) in [6, 6.07) is 0. The van der Waals surface area contributed by atoms with Crippen LogP contribution in [0.15, 0.2) is 0 Å². The van der Waals surface area contributed by atoms with Crippen molar-refractivity contribution >= 4 is 27.2 Å². The molecule has 1 aliphatic carbocycles. The zero-order valence-corrected chi connectivity index (χ0v) is 12.4. The third-order valence-electron chi connectivity index (χ3n) is 2.88. The van der Waals surface area contributed by atoms with E-state index in [1.807, 2.05) is 0 Å². The second-order valence-electron chi connectivity index (χ2n) is 4.61. The molecule has 0 bridgehead atoms. The number of ether oxygens (including phenoxy) is 1. The maximum absolute atomic E-state index is 11.8. The number of hydrogen-bond donors (Lipinski definition) is 2. The Bertz CT molecular complexity index is 366. The molecule has 1 atom stereocenters. The van der Waals surface area contributed by atoms with Gasteiger partial charge < -0.3 is 10.5 Å².